The van der Waals surface area contributed by atoms with E-state index in [1.165, 1.54) is 0 Å². The van der Waals surface area contributed by atoms with Gasteiger partial charge < -0.3 is 9.84 Å². The molecule has 0 fully saturated rings. The van der Waals surface area contributed by atoms with Crippen molar-refractivity contribution in [2.24, 2.45) is 0 Å². The Morgan fingerprint density at radius 1 is 1.20 bits per heavy atom. The fourth-order valence-corrected chi connectivity index (χ4v) is 1.72. The van der Waals surface area contributed by atoms with E-state index in [4.69, 9.17) is 4.74 Å². The maximum Gasteiger partial charge on any atom is 0.103 e. The third kappa shape index (κ3) is 3.33. The number of hydrogen-bond donors (Lipinski definition) is 1. The summed E-state index contributed by atoms with van der Waals surface area (Å²) in [5, 5.41) is 10.0. The molecule has 0 heterocycles. The van der Waals surface area contributed by atoms with Gasteiger partial charge in [-0.15, -0.1) is 0 Å². The minimum absolute atomic E-state index is 0.156. The van der Waals surface area contributed by atoms with Gasteiger partial charge in [-0.25, -0.2) is 0 Å². The van der Waals surface area contributed by atoms with Crippen molar-refractivity contribution in [3.05, 3.63) is 34.9 Å². The highest BCUT2D eigenvalue weighted by atomic mass is 16.5. The molecule has 0 aromatic heterocycles. The lowest BCUT2D eigenvalue weighted by molar-refractivity contribution is 0.00445. The molecule has 0 saturated carbocycles. The van der Waals surface area contributed by atoms with Gasteiger partial charge in [-0.05, 0) is 44.4 Å². The number of aliphatic hydroxyl groups is 1. The second-order valence-electron chi connectivity index (χ2n) is 4.20. The van der Waals surface area contributed by atoms with E-state index in [1.54, 1.807) is 0 Å². The summed E-state index contributed by atoms with van der Waals surface area (Å²) >= 11 is 0. The van der Waals surface area contributed by atoms with Gasteiger partial charge in [-0.2, -0.15) is 0 Å². The van der Waals surface area contributed by atoms with E-state index in [-0.39, 0.29) is 6.10 Å². The molecule has 1 rings (SSSR count). The molecule has 84 valence electrons. The normalized spacial score (nSPS) is 13.2. The molecular formula is C13H20O2. The first-order chi connectivity index (χ1) is 7.02. The fraction of sp³-hybridized carbons (Fsp3) is 0.538. The monoisotopic (exact) mass is 208 g/mol. The Kier molecular flexibility index (Phi) is 4.30. The standard InChI is InChI=1S/C13H20O2/c1-9(2)15-8-12(14)13-10(3)6-5-7-11(13)4/h5-7,9,12,14H,8H2,1-4H3. The summed E-state index contributed by atoms with van der Waals surface area (Å²) in [6, 6.07) is 6.03. The maximum atomic E-state index is 10.0. The highest BCUT2D eigenvalue weighted by Gasteiger charge is 2.13. The first-order valence-electron chi connectivity index (χ1n) is 5.38. The molecule has 0 saturated heterocycles. The molecule has 0 radical (unpaired) electrons. The molecule has 2 nitrogen and oxygen atoms in total. The summed E-state index contributed by atoms with van der Waals surface area (Å²) in [4.78, 5) is 0. The molecule has 0 amide bonds. The van der Waals surface area contributed by atoms with Gasteiger partial charge in [0.05, 0.1) is 12.7 Å². The van der Waals surface area contributed by atoms with Crippen LogP contribution in [-0.2, 0) is 4.74 Å². The molecule has 1 unspecified atom stereocenters. The second-order valence-corrected chi connectivity index (χ2v) is 4.20. The number of aliphatic hydroxyl groups excluding tert-OH is 1. The lowest BCUT2D eigenvalue weighted by Crippen LogP contribution is -2.13. The third-order valence-corrected chi connectivity index (χ3v) is 2.46. The number of ether oxygens (including phenoxy) is 1. The van der Waals surface area contributed by atoms with Crippen molar-refractivity contribution in [2.45, 2.75) is 39.9 Å². The van der Waals surface area contributed by atoms with Crippen molar-refractivity contribution >= 4 is 0 Å². The van der Waals surface area contributed by atoms with Gasteiger partial charge in [-0.3, -0.25) is 0 Å². The van der Waals surface area contributed by atoms with Crippen LogP contribution in [0.1, 0.15) is 36.6 Å². The van der Waals surface area contributed by atoms with E-state index in [2.05, 4.69) is 0 Å². The van der Waals surface area contributed by atoms with Gasteiger partial charge >= 0.3 is 0 Å². The molecule has 0 spiro atoms. The van der Waals surface area contributed by atoms with Crippen LogP contribution in [0.5, 0.6) is 0 Å². The number of rotatable bonds is 4. The summed E-state index contributed by atoms with van der Waals surface area (Å²) < 4.78 is 5.42. The summed E-state index contributed by atoms with van der Waals surface area (Å²) in [6.07, 6.45) is -0.363. The van der Waals surface area contributed by atoms with Crippen LogP contribution in [0, 0.1) is 13.8 Å². The first kappa shape index (κ1) is 12.2. The SMILES string of the molecule is Cc1cccc(C)c1C(O)COC(C)C. The molecule has 1 aromatic carbocycles. The minimum atomic E-state index is -0.520. The van der Waals surface area contributed by atoms with Crippen LogP contribution < -0.4 is 0 Å². The Morgan fingerprint density at radius 3 is 2.20 bits per heavy atom. The fourth-order valence-electron chi connectivity index (χ4n) is 1.72. The molecule has 2 heteroatoms. The molecule has 15 heavy (non-hydrogen) atoms. The molecule has 0 bridgehead atoms. The Bertz CT molecular complexity index is 298. The predicted molar refractivity (Wildman–Crippen MR) is 62.0 cm³/mol. The van der Waals surface area contributed by atoms with Crippen molar-refractivity contribution < 1.29 is 9.84 Å². The molecule has 0 aliphatic carbocycles. The van der Waals surface area contributed by atoms with Gasteiger partial charge in [0.2, 0.25) is 0 Å². The van der Waals surface area contributed by atoms with E-state index >= 15 is 0 Å². The van der Waals surface area contributed by atoms with Crippen molar-refractivity contribution in [2.75, 3.05) is 6.61 Å². The highest BCUT2D eigenvalue weighted by Crippen LogP contribution is 2.22. The largest absolute Gasteiger partial charge is 0.386 e. The first-order valence-corrected chi connectivity index (χ1v) is 5.38. The van der Waals surface area contributed by atoms with Gasteiger partial charge in [0.1, 0.15) is 6.10 Å². The van der Waals surface area contributed by atoms with Crippen LogP contribution in [0.2, 0.25) is 0 Å². The zero-order valence-corrected chi connectivity index (χ0v) is 9.95. The van der Waals surface area contributed by atoms with Gasteiger partial charge in [0, 0.05) is 0 Å². The quantitative estimate of drug-likeness (QED) is 0.824. The Hall–Kier alpha value is -0.860. The van der Waals surface area contributed by atoms with Gasteiger partial charge in [0.15, 0.2) is 0 Å². The third-order valence-electron chi connectivity index (χ3n) is 2.46. The zero-order chi connectivity index (χ0) is 11.4. The van der Waals surface area contributed by atoms with Crippen molar-refractivity contribution in [3.63, 3.8) is 0 Å². The number of hydrogen-bond acceptors (Lipinski definition) is 2. The van der Waals surface area contributed by atoms with Crippen LogP contribution >= 0.6 is 0 Å². The summed E-state index contributed by atoms with van der Waals surface area (Å²) in [5.41, 5.74) is 3.24. The predicted octanol–water partition coefficient (Wildman–Crippen LogP) is 2.76. The molecule has 0 aliphatic rings. The van der Waals surface area contributed by atoms with E-state index < -0.39 is 6.10 Å². The molecule has 1 N–H and O–H groups in total. The number of aryl methyl sites for hydroxylation is 2. The lowest BCUT2D eigenvalue weighted by atomic mass is 9.98. The average molecular weight is 208 g/mol. The van der Waals surface area contributed by atoms with Crippen LogP contribution in [0.25, 0.3) is 0 Å². The highest BCUT2D eigenvalue weighted by molar-refractivity contribution is 5.35. The van der Waals surface area contributed by atoms with Crippen LogP contribution in [0.4, 0.5) is 0 Å². The zero-order valence-electron chi connectivity index (χ0n) is 9.95. The maximum absolute atomic E-state index is 10.0. The van der Waals surface area contributed by atoms with E-state index in [0.717, 1.165) is 16.7 Å². The lowest BCUT2D eigenvalue weighted by Gasteiger charge is -2.17. The molecular weight excluding hydrogens is 188 g/mol. The summed E-state index contributed by atoms with van der Waals surface area (Å²) in [7, 11) is 0. The summed E-state index contributed by atoms with van der Waals surface area (Å²) in [5.74, 6) is 0. The van der Waals surface area contributed by atoms with Gasteiger partial charge in [0.25, 0.3) is 0 Å². The second kappa shape index (κ2) is 5.29. The van der Waals surface area contributed by atoms with E-state index in [1.807, 2.05) is 45.9 Å². The molecule has 0 aliphatic heterocycles. The van der Waals surface area contributed by atoms with Gasteiger partial charge in [-0.1, -0.05) is 18.2 Å². The van der Waals surface area contributed by atoms with Crippen LogP contribution in [0.3, 0.4) is 0 Å². The Labute approximate surface area is 91.9 Å². The smallest absolute Gasteiger partial charge is 0.103 e. The topological polar surface area (TPSA) is 29.5 Å². The summed E-state index contributed by atoms with van der Waals surface area (Å²) in [6.45, 7) is 8.33. The van der Waals surface area contributed by atoms with E-state index in [9.17, 15) is 5.11 Å². The Balaban J connectivity index is 2.77. The molecule has 1 atom stereocenters. The van der Waals surface area contributed by atoms with Crippen molar-refractivity contribution in [1.29, 1.82) is 0 Å². The van der Waals surface area contributed by atoms with Crippen LogP contribution in [0.15, 0.2) is 18.2 Å². The average Bonchev–Trinajstić information content (AvgIpc) is 2.14. The van der Waals surface area contributed by atoms with E-state index in [0.29, 0.717) is 6.61 Å². The van der Waals surface area contributed by atoms with Crippen molar-refractivity contribution in [3.8, 4) is 0 Å². The molecule has 1 aromatic rings. The minimum Gasteiger partial charge on any atom is -0.386 e. The number of benzene rings is 1. The van der Waals surface area contributed by atoms with Crippen LogP contribution in [-0.4, -0.2) is 17.8 Å². The van der Waals surface area contributed by atoms with Crippen molar-refractivity contribution in [1.82, 2.24) is 0 Å². The Morgan fingerprint density at radius 2 is 1.73 bits per heavy atom.